The minimum atomic E-state index is -0.0844. The molecule has 4 heteroatoms. The SMILES string of the molecule is COc1cc(OCc2ccccc2)c(O)cc1C=O. The van der Waals surface area contributed by atoms with Crippen LogP contribution in [0, 0.1) is 0 Å². The summed E-state index contributed by atoms with van der Waals surface area (Å²) in [6.45, 7) is 0.331. The number of carbonyl (C=O) groups excluding carboxylic acids is 1. The second-order valence-electron chi connectivity index (χ2n) is 3.95. The number of aldehydes is 1. The highest BCUT2D eigenvalue weighted by Crippen LogP contribution is 2.33. The van der Waals surface area contributed by atoms with Gasteiger partial charge in [0, 0.05) is 6.07 Å². The van der Waals surface area contributed by atoms with Crippen LogP contribution in [0.3, 0.4) is 0 Å². The summed E-state index contributed by atoms with van der Waals surface area (Å²) in [6.07, 6.45) is 0.625. The Morgan fingerprint density at radius 3 is 2.53 bits per heavy atom. The Balaban J connectivity index is 2.18. The van der Waals surface area contributed by atoms with Crippen LogP contribution in [0.25, 0.3) is 0 Å². The molecule has 2 rings (SSSR count). The second kappa shape index (κ2) is 5.91. The number of hydrogen-bond acceptors (Lipinski definition) is 4. The van der Waals surface area contributed by atoms with Crippen molar-refractivity contribution in [1.29, 1.82) is 0 Å². The normalized spacial score (nSPS) is 9.95. The fourth-order valence-corrected chi connectivity index (χ4v) is 1.69. The van der Waals surface area contributed by atoms with Gasteiger partial charge in [-0.3, -0.25) is 4.79 Å². The number of carbonyl (C=O) groups is 1. The number of phenols is 1. The number of hydrogen-bond donors (Lipinski definition) is 1. The van der Waals surface area contributed by atoms with Crippen LogP contribution in [0.5, 0.6) is 17.2 Å². The Labute approximate surface area is 111 Å². The molecule has 1 N–H and O–H groups in total. The Hall–Kier alpha value is -2.49. The van der Waals surface area contributed by atoms with E-state index in [4.69, 9.17) is 9.47 Å². The van der Waals surface area contributed by atoms with Gasteiger partial charge in [0.2, 0.25) is 0 Å². The molecule has 0 fully saturated rings. The van der Waals surface area contributed by atoms with Gasteiger partial charge in [-0.05, 0) is 11.6 Å². The zero-order valence-electron chi connectivity index (χ0n) is 10.5. The maximum atomic E-state index is 10.8. The lowest BCUT2D eigenvalue weighted by atomic mass is 10.2. The first kappa shape index (κ1) is 13.0. The topological polar surface area (TPSA) is 55.8 Å². The Kier molecular flexibility index (Phi) is 4.03. The highest BCUT2D eigenvalue weighted by molar-refractivity contribution is 5.81. The first-order chi connectivity index (χ1) is 9.24. The molecule has 0 bridgehead atoms. The molecule has 0 heterocycles. The molecule has 0 atom stereocenters. The van der Waals surface area contributed by atoms with Crippen molar-refractivity contribution in [3.8, 4) is 17.2 Å². The summed E-state index contributed by atoms with van der Waals surface area (Å²) in [4.78, 5) is 10.8. The van der Waals surface area contributed by atoms with E-state index in [1.165, 1.54) is 19.2 Å². The number of aromatic hydroxyl groups is 1. The minimum absolute atomic E-state index is 0.0844. The van der Waals surface area contributed by atoms with Crippen molar-refractivity contribution in [2.75, 3.05) is 7.11 Å². The van der Waals surface area contributed by atoms with Gasteiger partial charge in [0.1, 0.15) is 12.4 Å². The van der Waals surface area contributed by atoms with E-state index in [-0.39, 0.29) is 17.1 Å². The van der Waals surface area contributed by atoms with Crippen LogP contribution in [0.15, 0.2) is 42.5 Å². The number of methoxy groups -OCH3 is 1. The Morgan fingerprint density at radius 1 is 1.16 bits per heavy atom. The predicted molar refractivity (Wildman–Crippen MR) is 70.8 cm³/mol. The highest BCUT2D eigenvalue weighted by atomic mass is 16.5. The van der Waals surface area contributed by atoms with E-state index in [1.54, 1.807) is 0 Å². The van der Waals surface area contributed by atoms with Crippen molar-refractivity contribution < 1.29 is 19.4 Å². The first-order valence-electron chi connectivity index (χ1n) is 5.77. The van der Waals surface area contributed by atoms with Crippen LogP contribution in [-0.4, -0.2) is 18.5 Å². The number of rotatable bonds is 5. The predicted octanol–water partition coefficient (Wildman–Crippen LogP) is 2.79. The fraction of sp³-hybridized carbons (Fsp3) is 0.133. The largest absolute Gasteiger partial charge is 0.504 e. The molecular formula is C15H14O4. The van der Waals surface area contributed by atoms with Gasteiger partial charge in [0.15, 0.2) is 17.8 Å². The van der Waals surface area contributed by atoms with Gasteiger partial charge in [-0.2, -0.15) is 0 Å². The van der Waals surface area contributed by atoms with Gasteiger partial charge in [-0.15, -0.1) is 0 Å². The van der Waals surface area contributed by atoms with Gasteiger partial charge in [-0.25, -0.2) is 0 Å². The third-order valence-corrected chi connectivity index (χ3v) is 2.68. The van der Waals surface area contributed by atoms with Crippen molar-refractivity contribution >= 4 is 6.29 Å². The molecule has 0 amide bonds. The molecule has 2 aromatic carbocycles. The van der Waals surface area contributed by atoms with Crippen LogP contribution < -0.4 is 9.47 Å². The van der Waals surface area contributed by atoms with Crippen molar-refractivity contribution in [3.63, 3.8) is 0 Å². The van der Waals surface area contributed by atoms with Crippen molar-refractivity contribution in [1.82, 2.24) is 0 Å². The van der Waals surface area contributed by atoms with E-state index in [0.29, 0.717) is 18.6 Å². The first-order valence-corrected chi connectivity index (χ1v) is 5.77. The van der Waals surface area contributed by atoms with Crippen LogP contribution in [0.2, 0.25) is 0 Å². The molecule has 0 saturated heterocycles. The lowest BCUT2D eigenvalue weighted by Crippen LogP contribution is -1.97. The smallest absolute Gasteiger partial charge is 0.165 e. The van der Waals surface area contributed by atoms with E-state index in [1.807, 2.05) is 30.3 Å². The van der Waals surface area contributed by atoms with Crippen molar-refractivity contribution in [3.05, 3.63) is 53.6 Å². The molecule has 19 heavy (non-hydrogen) atoms. The molecule has 0 spiro atoms. The molecule has 0 saturated carbocycles. The molecule has 0 aliphatic carbocycles. The van der Waals surface area contributed by atoms with E-state index < -0.39 is 0 Å². The van der Waals surface area contributed by atoms with Gasteiger partial charge in [-0.1, -0.05) is 30.3 Å². The summed E-state index contributed by atoms with van der Waals surface area (Å²) in [5.41, 5.74) is 1.27. The Bertz CT molecular complexity index is 564. The van der Waals surface area contributed by atoms with E-state index in [2.05, 4.69) is 0 Å². The molecule has 2 aromatic rings. The summed E-state index contributed by atoms with van der Waals surface area (Å²) >= 11 is 0. The zero-order valence-corrected chi connectivity index (χ0v) is 10.5. The van der Waals surface area contributed by atoms with Gasteiger partial charge < -0.3 is 14.6 Å². The lowest BCUT2D eigenvalue weighted by molar-refractivity contribution is 0.112. The molecule has 0 aliphatic heterocycles. The van der Waals surface area contributed by atoms with Crippen molar-refractivity contribution in [2.45, 2.75) is 6.61 Å². The number of ether oxygens (including phenoxy) is 2. The summed E-state index contributed by atoms with van der Waals surface area (Å²) in [5, 5.41) is 9.78. The van der Waals surface area contributed by atoms with Gasteiger partial charge >= 0.3 is 0 Å². The number of benzene rings is 2. The molecule has 4 nitrogen and oxygen atoms in total. The molecule has 0 unspecified atom stereocenters. The summed E-state index contributed by atoms with van der Waals surface area (Å²) < 4.78 is 10.6. The van der Waals surface area contributed by atoms with Crippen molar-refractivity contribution in [2.24, 2.45) is 0 Å². The van der Waals surface area contributed by atoms with E-state index >= 15 is 0 Å². The average molecular weight is 258 g/mol. The quantitative estimate of drug-likeness (QED) is 0.838. The molecule has 0 aromatic heterocycles. The molecule has 98 valence electrons. The maximum absolute atomic E-state index is 10.8. The average Bonchev–Trinajstić information content (AvgIpc) is 2.46. The molecular weight excluding hydrogens is 244 g/mol. The maximum Gasteiger partial charge on any atom is 0.165 e. The van der Waals surface area contributed by atoms with E-state index in [0.717, 1.165) is 5.56 Å². The van der Waals surface area contributed by atoms with Crippen LogP contribution in [0.4, 0.5) is 0 Å². The van der Waals surface area contributed by atoms with Gasteiger partial charge in [0.25, 0.3) is 0 Å². The van der Waals surface area contributed by atoms with E-state index in [9.17, 15) is 9.90 Å². The monoisotopic (exact) mass is 258 g/mol. The summed E-state index contributed by atoms with van der Waals surface area (Å²) in [6, 6.07) is 12.4. The molecule has 0 radical (unpaired) electrons. The third kappa shape index (κ3) is 3.04. The number of phenolic OH excluding ortho intramolecular Hbond substituents is 1. The van der Waals surface area contributed by atoms with Gasteiger partial charge in [0.05, 0.1) is 12.7 Å². The van der Waals surface area contributed by atoms with Crippen LogP contribution in [0.1, 0.15) is 15.9 Å². The highest BCUT2D eigenvalue weighted by Gasteiger charge is 2.10. The Morgan fingerprint density at radius 2 is 1.89 bits per heavy atom. The summed E-state index contributed by atoms with van der Waals surface area (Å²) in [7, 11) is 1.46. The molecule has 0 aliphatic rings. The summed E-state index contributed by atoms with van der Waals surface area (Å²) in [5.74, 6) is 0.570. The minimum Gasteiger partial charge on any atom is -0.504 e. The van der Waals surface area contributed by atoms with Crippen LogP contribution in [-0.2, 0) is 6.61 Å². The second-order valence-corrected chi connectivity index (χ2v) is 3.95. The standard InChI is InChI=1S/C15H14O4/c1-18-14-8-15(13(17)7-12(14)9-16)19-10-11-5-3-2-4-6-11/h2-9,17H,10H2,1H3. The van der Waals surface area contributed by atoms with Crippen LogP contribution >= 0.6 is 0 Å². The zero-order chi connectivity index (χ0) is 13.7. The third-order valence-electron chi connectivity index (χ3n) is 2.68. The lowest BCUT2D eigenvalue weighted by Gasteiger charge is -2.11. The fourth-order valence-electron chi connectivity index (χ4n) is 1.69.